The van der Waals surface area contributed by atoms with E-state index in [0.29, 0.717) is 0 Å². The van der Waals surface area contributed by atoms with Crippen molar-refractivity contribution in [3.63, 3.8) is 0 Å². The Hall–Kier alpha value is -1.34. The molecule has 7 nitrogen and oxygen atoms in total. The van der Waals surface area contributed by atoms with Crippen LogP contribution < -0.4 is 16.5 Å². The van der Waals surface area contributed by atoms with E-state index in [-0.39, 0.29) is 0 Å². The normalized spacial score (nSPS) is 8.11. The van der Waals surface area contributed by atoms with E-state index in [2.05, 4.69) is 10.7 Å². The summed E-state index contributed by atoms with van der Waals surface area (Å²) in [5.74, 6) is 0. The summed E-state index contributed by atoms with van der Waals surface area (Å²) in [5, 5.41) is 9.07. The summed E-state index contributed by atoms with van der Waals surface area (Å²) >= 11 is 0. The first kappa shape index (κ1) is 7.66. The Morgan fingerprint density at radius 3 is 2.44 bits per heavy atom. The second kappa shape index (κ2) is 3.64. The largest absolute Gasteiger partial charge is 0.351 e. The molecule has 0 saturated heterocycles. The number of hydroxylamine groups is 1. The molecular weight excluding hydrogens is 130 g/mol. The Morgan fingerprint density at radius 1 is 1.56 bits per heavy atom. The first-order chi connectivity index (χ1) is 4.16. The van der Waals surface area contributed by atoms with Crippen LogP contribution in [-0.2, 0) is 4.99 Å². The van der Waals surface area contributed by atoms with E-state index in [1.54, 1.807) is 5.32 Å². The Bertz CT molecular complexity index is 123. The fourth-order valence-electron chi connectivity index (χ4n) is 0.179. The second-order valence-corrected chi connectivity index (χ2v) is 1.01. The lowest BCUT2D eigenvalue weighted by molar-refractivity contribution is -0.277. The highest BCUT2D eigenvalue weighted by atomic mass is 17.2. The lowest BCUT2D eigenvalue weighted by atomic mass is 10.9. The maximum absolute atomic E-state index is 10.0. The highest BCUT2D eigenvalue weighted by Gasteiger charge is 2.00. The van der Waals surface area contributed by atoms with Crippen molar-refractivity contribution < 1.29 is 19.8 Å². The molecule has 0 atom stereocenters. The molecule has 0 heterocycles. The van der Waals surface area contributed by atoms with Gasteiger partial charge in [-0.3, -0.25) is 5.32 Å². The predicted octanol–water partition coefficient (Wildman–Crippen LogP) is -1.23. The molecule has 0 fully saturated rings. The van der Waals surface area contributed by atoms with Crippen LogP contribution in [0.25, 0.3) is 0 Å². The van der Waals surface area contributed by atoms with Gasteiger partial charge < -0.3 is 5.73 Å². The standard InChI is InChI=1S/C2H5N3O4/c3-1(6)4-2(7)5-9-8/h8H,(H4,3,4,5,6,7). The summed E-state index contributed by atoms with van der Waals surface area (Å²) in [4.78, 5) is 23.0. The molecule has 0 rings (SSSR count). The van der Waals surface area contributed by atoms with E-state index in [1.807, 2.05) is 0 Å². The van der Waals surface area contributed by atoms with Crippen molar-refractivity contribution in [1.29, 1.82) is 0 Å². The lowest BCUT2D eigenvalue weighted by Gasteiger charge is -1.96. The topological polar surface area (TPSA) is 114 Å². The minimum absolute atomic E-state index is 1.04. The Morgan fingerprint density at radius 2 is 2.11 bits per heavy atom. The van der Waals surface area contributed by atoms with Gasteiger partial charge in [-0.2, -0.15) is 5.48 Å². The molecule has 0 spiro atoms. The van der Waals surface area contributed by atoms with Crippen molar-refractivity contribution in [2.24, 2.45) is 5.73 Å². The van der Waals surface area contributed by atoms with E-state index in [4.69, 9.17) is 5.26 Å². The van der Waals surface area contributed by atoms with Crippen molar-refractivity contribution in [3.8, 4) is 0 Å². The van der Waals surface area contributed by atoms with Gasteiger partial charge in [0.15, 0.2) is 0 Å². The Labute approximate surface area is 49.7 Å². The van der Waals surface area contributed by atoms with Crippen LogP contribution in [0.3, 0.4) is 0 Å². The van der Waals surface area contributed by atoms with E-state index in [9.17, 15) is 9.59 Å². The lowest BCUT2D eigenvalue weighted by Crippen LogP contribution is -2.41. The fraction of sp³-hybridized carbons (Fsp3) is 0. The Kier molecular flexibility index (Phi) is 3.09. The fourth-order valence-corrected chi connectivity index (χ4v) is 0.179. The van der Waals surface area contributed by atoms with Crippen LogP contribution >= 0.6 is 0 Å². The molecule has 0 bridgehead atoms. The molecule has 9 heavy (non-hydrogen) atoms. The monoisotopic (exact) mass is 135 g/mol. The highest BCUT2D eigenvalue weighted by molar-refractivity contribution is 5.91. The molecule has 0 aliphatic heterocycles. The van der Waals surface area contributed by atoms with Gasteiger partial charge in [0.1, 0.15) is 0 Å². The van der Waals surface area contributed by atoms with Crippen molar-refractivity contribution in [2.45, 2.75) is 0 Å². The third-order valence-corrected chi connectivity index (χ3v) is 0.375. The third kappa shape index (κ3) is 4.51. The SMILES string of the molecule is NC(=O)NC(=O)NOO. The van der Waals surface area contributed by atoms with Gasteiger partial charge in [0.25, 0.3) is 0 Å². The van der Waals surface area contributed by atoms with Crippen LogP contribution in [-0.4, -0.2) is 17.3 Å². The van der Waals surface area contributed by atoms with Crippen molar-refractivity contribution >= 4 is 12.1 Å². The van der Waals surface area contributed by atoms with Gasteiger partial charge in [0.05, 0.1) is 0 Å². The van der Waals surface area contributed by atoms with Gasteiger partial charge in [0, 0.05) is 0 Å². The van der Waals surface area contributed by atoms with Crippen LogP contribution in [0.1, 0.15) is 0 Å². The molecule has 52 valence electrons. The molecule has 0 aromatic heterocycles. The zero-order chi connectivity index (χ0) is 7.28. The number of hydrogen-bond donors (Lipinski definition) is 4. The average Bonchev–Trinajstić information content (AvgIpc) is 1.63. The number of imide groups is 1. The zero-order valence-corrected chi connectivity index (χ0v) is 4.25. The number of carbonyl (C=O) groups is 2. The van der Waals surface area contributed by atoms with Gasteiger partial charge in [-0.1, -0.05) is 0 Å². The summed E-state index contributed by atoms with van der Waals surface area (Å²) in [6.07, 6.45) is 0. The van der Waals surface area contributed by atoms with Gasteiger partial charge >= 0.3 is 12.1 Å². The van der Waals surface area contributed by atoms with Crippen LogP contribution in [0.4, 0.5) is 9.59 Å². The number of rotatable bonds is 1. The molecule has 0 aliphatic rings. The molecule has 7 heteroatoms. The van der Waals surface area contributed by atoms with E-state index in [1.165, 1.54) is 5.48 Å². The summed E-state index contributed by atoms with van der Waals surface area (Å²) in [6, 6.07) is -2.07. The summed E-state index contributed by atoms with van der Waals surface area (Å²) in [7, 11) is 0. The Balaban J connectivity index is 3.39. The maximum Gasteiger partial charge on any atom is 0.349 e. The number of carbonyl (C=O) groups excluding carboxylic acids is 2. The zero-order valence-electron chi connectivity index (χ0n) is 4.25. The third-order valence-electron chi connectivity index (χ3n) is 0.375. The number of primary amides is 1. The molecule has 0 radical (unpaired) electrons. The predicted molar refractivity (Wildman–Crippen MR) is 25.0 cm³/mol. The highest BCUT2D eigenvalue weighted by Crippen LogP contribution is 1.61. The van der Waals surface area contributed by atoms with Gasteiger partial charge in [0.2, 0.25) is 0 Å². The molecule has 0 aliphatic carbocycles. The second-order valence-electron chi connectivity index (χ2n) is 1.01. The summed E-state index contributed by atoms with van der Waals surface area (Å²) < 4.78 is 0. The molecule has 0 unspecified atom stereocenters. The van der Waals surface area contributed by atoms with Crippen LogP contribution in [0, 0.1) is 0 Å². The summed E-state index contributed by atoms with van der Waals surface area (Å²) in [6.45, 7) is 0. The number of hydrogen-bond acceptors (Lipinski definition) is 4. The average molecular weight is 135 g/mol. The van der Waals surface area contributed by atoms with E-state index < -0.39 is 12.1 Å². The number of urea groups is 2. The van der Waals surface area contributed by atoms with E-state index >= 15 is 0 Å². The smallest absolute Gasteiger partial charge is 0.349 e. The maximum atomic E-state index is 10.0. The minimum atomic E-state index is -1.04. The van der Waals surface area contributed by atoms with E-state index in [0.717, 1.165) is 0 Å². The first-order valence-electron chi connectivity index (χ1n) is 1.83. The molecular formula is C2H5N3O4. The van der Waals surface area contributed by atoms with Crippen LogP contribution in [0.15, 0.2) is 0 Å². The molecule has 0 aromatic rings. The molecule has 0 aromatic carbocycles. The quantitative estimate of drug-likeness (QED) is 0.266. The van der Waals surface area contributed by atoms with Crippen LogP contribution in [0.5, 0.6) is 0 Å². The van der Waals surface area contributed by atoms with Gasteiger partial charge in [-0.15, -0.1) is 4.99 Å². The number of nitrogens with one attached hydrogen (secondary N) is 2. The molecule has 4 amide bonds. The molecule has 5 N–H and O–H groups in total. The van der Waals surface area contributed by atoms with Crippen molar-refractivity contribution in [1.82, 2.24) is 10.8 Å². The van der Waals surface area contributed by atoms with Crippen LogP contribution in [0.2, 0.25) is 0 Å². The van der Waals surface area contributed by atoms with Crippen molar-refractivity contribution in [2.75, 3.05) is 0 Å². The van der Waals surface area contributed by atoms with Gasteiger partial charge in [-0.25, -0.2) is 14.8 Å². The summed E-state index contributed by atoms with van der Waals surface area (Å²) in [5.41, 5.74) is 5.86. The van der Waals surface area contributed by atoms with Gasteiger partial charge in [-0.05, 0) is 0 Å². The van der Waals surface area contributed by atoms with Crippen molar-refractivity contribution in [3.05, 3.63) is 0 Å². The first-order valence-corrected chi connectivity index (χ1v) is 1.83. The number of amides is 4. The number of nitrogens with two attached hydrogens (primary N) is 1. The minimum Gasteiger partial charge on any atom is -0.351 e. The molecule has 0 saturated carbocycles.